The van der Waals surface area contributed by atoms with E-state index in [0.29, 0.717) is 5.02 Å². The summed E-state index contributed by atoms with van der Waals surface area (Å²) in [5.74, 6) is -0.144. The summed E-state index contributed by atoms with van der Waals surface area (Å²) in [5.41, 5.74) is 6.76. The number of amides is 1. The second-order valence-electron chi connectivity index (χ2n) is 5.10. The molecule has 0 aliphatic rings. The Morgan fingerprint density at radius 3 is 2.83 bits per heavy atom. The average molecular weight is 360 g/mol. The lowest BCUT2D eigenvalue weighted by Crippen LogP contribution is -2.29. The second kappa shape index (κ2) is 6.90. The van der Waals surface area contributed by atoms with Gasteiger partial charge in [-0.1, -0.05) is 29.8 Å². The van der Waals surface area contributed by atoms with Crippen molar-refractivity contribution in [2.24, 2.45) is 0 Å². The first-order valence-electron chi connectivity index (χ1n) is 7.09. The lowest BCUT2D eigenvalue weighted by Gasteiger charge is -2.19. The zero-order chi connectivity index (χ0) is 17.1. The second-order valence-corrected chi connectivity index (χ2v) is 6.52. The highest BCUT2D eigenvalue weighted by Gasteiger charge is 2.21. The number of phenolic OH excluding ortho intramolecular Hbond substituents is 1. The lowest BCUT2D eigenvalue weighted by molar-refractivity contribution is 0.0944. The molecule has 2 heterocycles. The van der Waals surface area contributed by atoms with Gasteiger partial charge in [-0.2, -0.15) is 0 Å². The van der Waals surface area contributed by atoms with E-state index in [9.17, 15) is 9.90 Å². The van der Waals surface area contributed by atoms with Crippen LogP contribution in [0.2, 0.25) is 5.02 Å². The smallest absolute Gasteiger partial charge is 0.255 e. The number of aromatic nitrogens is 1. The summed E-state index contributed by atoms with van der Waals surface area (Å²) in [6.07, 6.45) is 1.39. The third-order valence-corrected chi connectivity index (χ3v) is 4.58. The molecule has 3 rings (SSSR count). The molecule has 1 amide bonds. The molecule has 1 atom stereocenters. The van der Waals surface area contributed by atoms with E-state index in [2.05, 4.69) is 10.3 Å². The molecule has 0 fully saturated rings. The minimum atomic E-state index is -0.414. The molecule has 0 bridgehead atoms. The van der Waals surface area contributed by atoms with E-state index < -0.39 is 6.04 Å². The Bertz CT molecular complexity index is 868. The van der Waals surface area contributed by atoms with Crippen LogP contribution in [0.3, 0.4) is 0 Å². The van der Waals surface area contributed by atoms with Gasteiger partial charge in [0, 0.05) is 11.1 Å². The third kappa shape index (κ3) is 3.50. The first-order chi connectivity index (χ1) is 11.5. The van der Waals surface area contributed by atoms with Gasteiger partial charge in [-0.15, -0.1) is 11.3 Å². The molecule has 2 aromatic heterocycles. The van der Waals surface area contributed by atoms with Crippen molar-refractivity contribution < 1.29 is 9.90 Å². The van der Waals surface area contributed by atoms with Crippen LogP contribution in [0.5, 0.6) is 5.75 Å². The number of aromatic hydroxyl groups is 1. The van der Waals surface area contributed by atoms with Gasteiger partial charge in [-0.25, -0.2) is 4.98 Å². The van der Waals surface area contributed by atoms with Gasteiger partial charge < -0.3 is 16.2 Å². The first kappa shape index (κ1) is 16.3. The van der Waals surface area contributed by atoms with E-state index in [-0.39, 0.29) is 23.0 Å². The molecule has 122 valence electrons. The number of pyridine rings is 1. The number of thiophene rings is 1. The molecule has 0 saturated heterocycles. The predicted octanol–water partition coefficient (Wildman–Crippen LogP) is 3.60. The van der Waals surface area contributed by atoms with Crippen LogP contribution in [0.25, 0.3) is 0 Å². The molecule has 7 heteroatoms. The molecule has 5 nitrogen and oxygen atoms in total. The van der Waals surface area contributed by atoms with Crippen LogP contribution >= 0.6 is 22.9 Å². The van der Waals surface area contributed by atoms with Crippen molar-refractivity contribution in [1.82, 2.24) is 10.3 Å². The number of nitrogens with zero attached hydrogens (tertiary/aromatic N) is 1. The van der Waals surface area contributed by atoms with Gasteiger partial charge in [0.25, 0.3) is 5.91 Å². The number of carbonyl (C=O) groups excluding carboxylic acids is 1. The van der Waals surface area contributed by atoms with E-state index in [1.54, 1.807) is 18.2 Å². The van der Waals surface area contributed by atoms with Crippen LogP contribution < -0.4 is 11.1 Å². The van der Waals surface area contributed by atoms with Gasteiger partial charge in [0.2, 0.25) is 0 Å². The van der Waals surface area contributed by atoms with Crippen LogP contribution in [-0.2, 0) is 0 Å². The Balaban J connectivity index is 1.95. The zero-order valence-electron chi connectivity index (χ0n) is 12.4. The van der Waals surface area contributed by atoms with Crippen LogP contribution in [0.4, 0.5) is 5.82 Å². The minimum Gasteiger partial charge on any atom is -0.508 e. The number of carbonyl (C=O) groups is 1. The van der Waals surface area contributed by atoms with Crippen LogP contribution in [0.15, 0.2) is 54.0 Å². The van der Waals surface area contributed by atoms with Crippen LogP contribution in [0, 0.1) is 0 Å². The number of nitrogens with two attached hydrogens (primary N) is 1. The molecule has 0 aliphatic carbocycles. The summed E-state index contributed by atoms with van der Waals surface area (Å²) in [6.45, 7) is 0. The van der Waals surface area contributed by atoms with E-state index >= 15 is 0 Å². The Labute approximate surface area is 147 Å². The molecule has 1 aromatic carbocycles. The number of nitrogen functional groups attached to an aromatic ring is 1. The summed E-state index contributed by atoms with van der Waals surface area (Å²) >= 11 is 7.41. The maximum atomic E-state index is 12.6. The van der Waals surface area contributed by atoms with Crippen molar-refractivity contribution in [3.05, 3.63) is 75.1 Å². The molecular formula is C17H14ClN3O2S. The SMILES string of the molecule is Nc1ncc(Cl)cc1C(=O)NC(c1cccc(O)c1)c1cccs1. The summed E-state index contributed by atoms with van der Waals surface area (Å²) < 4.78 is 0. The highest BCUT2D eigenvalue weighted by Crippen LogP contribution is 2.28. The molecule has 4 N–H and O–H groups in total. The maximum absolute atomic E-state index is 12.6. The number of benzene rings is 1. The Morgan fingerprint density at radius 2 is 2.12 bits per heavy atom. The van der Waals surface area contributed by atoms with E-state index in [4.69, 9.17) is 17.3 Å². The van der Waals surface area contributed by atoms with Gasteiger partial charge in [-0.3, -0.25) is 4.79 Å². The van der Waals surface area contributed by atoms with Crippen molar-refractivity contribution in [2.75, 3.05) is 5.73 Å². The quantitative estimate of drug-likeness (QED) is 0.664. The lowest BCUT2D eigenvalue weighted by atomic mass is 10.0. The Hall–Kier alpha value is -2.57. The number of anilines is 1. The number of nitrogens with one attached hydrogen (secondary N) is 1. The van der Waals surface area contributed by atoms with Crippen molar-refractivity contribution in [1.29, 1.82) is 0 Å². The van der Waals surface area contributed by atoms with E-state index in [1.807, 2.05) is 23.6 Å². The average Bonchev–Trinajstić information content (AvgIpc) is 3.09. The molecule has 3 aromatic rings. The van der Waals surface area contributed by atoms with Gasteiger partial charge in [0.05, 0.1) is 16.6 Å². The summed E-state index contributed by atoms with van der Waals surface area (Å²) in [5, 5.41) is 14.9. The Morgan fingerprint density at radius 1 is 1.29 bits per heavy atom. The molecule has 0 saturated carbocycles. The van der Waals surface area contributed by atoms with Crippen LogP contribution in [-0.4, -0.2) is 16.0 Å². The number of hydrogen-bond donors (Lipinski definition) is 3. The van der Waals surface area contributed by atoms with Crippen LogP contribution in [0.1, 0.15) is 26.8 Å². The highest BCUT2D eigenvalue weighted by atomic mass is 35.5. The summed E-state index contributed by atoms with van der Waals surface area (Å²) in [4.78, 5) is 17.5. The van der Waals surface area contributed by atoms with Crippen molar-refractivity contribution in [2.45, 2.75) is 6.04 Å². The summed E-state index contributed by atoms with van der Waals surface area (Å²) in [6, 6.07) is 11.6. The van der Waals surface area contributed by atoms with Crippen molar-refractivity contribution in [3.63, 3.8) is 0 Å². The fraction of sp³-hybridized carbons (Fsp3) is 0.0588. The zero-order valence-corrected chi connectivity index (χ0v) is 14.0. The largest absolute Gasteiger partial charge is 0.508 e. The fourth-order valence-corrected chi connectivity index (χ4v) is 3.28. The summed E-state index contributed by atoms with van der Waals surface area (Å²) in [7, 11) is 0. The topological polar surface area (TPSA) is 88.2 Å². The fourth-order valence-electron chi connectivity index (χ4n) is 2.32. The monoisotopic (exact) mass is 359 g/mol. The third-order valence-electron chi connectivity index (χ3n) is 3.44. The van der Waals surface area contributed by atoms with Crippen molar-refractivity contribution in [3.8, 4) is 5.75 Å². The molecular weight excluding hydrogens is 346 g/mol. The molecule has 0 spiro atoms. The number of halogens is 1. The molecule has 1 unspecified atom stereocenters. The number of phenols is 1. The minimum absolute atomic E-state index is 0.109. The van der Waals surface area contributed by atoms with E-state index in [1.165, 1.54) is 23.6 Å². The normalized spacial score (nSPS) is 11.9. The molecule has 0 aliphatic heterocycles. The van der Waals surface area contributed by atoms with Gasteiger partial charge >= 0.3 is 0 Å². The van der Waals surface area contributed by atoms with Crippen molar-refractivity contribution >= 4 is 34.7 Å². The van der Waals surface area contributed by atoms with E-state index in [0.717, 1.165) is 10.4 Å². The number of rotatable bonds is 4. The maximum Gasteiger partial charge on any atom is 0.255 e. The first-order valence-corrected chi connectivity index (χ1v) is 8.34. The Kier molecular flexibility index (Phi) is 4.69. The predicted molar refractivity (Wildman–Crippen MR) is 95.4 cm³/mol. The van der Waals surface area contributed by atoms with Gasteiger partial charge in [-0.05, 0) is 35.2 Å². The van der Waals surface area contributed by atoms with Gasteiger partial charge in [0.15, 0.2) is 0 Å². The molecule has 0 radical (unpaired) electrons. The number of hydrogen-bond acceptors (Lipinski definition) is 5. The molecule has 24 heavy (non-hydrogen) atoms. The van der Waals surface area contributed by atoms with Gasteiger partial charge in [0.1, 0.15) is 11.6 Å². The standard InChI is InChI=1S/C17H14ClN3O2S/c18-11-8-13(16(19)20-9-11)17(23)21-15(14-5-2-6-24-14)10-3-1-4-12(22)7-10/h1-9,15,22H,(H2,19,20)(H,21,23). The highest BCUT2D eigenvalue weighted by molar-refractivity contribution is 7.10.